The standard InChI is InChI=1S/C53H53N/c1-52(2)49-14-8-13-47(42-16-15-39-11-6-7-12-41(39)30-42)51(49)48-26-25-46(31-50(48)52)54(44-21-17-40(18-22-44)38-9-4-3-5-10-38)45-23-19-43(20-24-45)53-32-35-27-36(33-53)29-37(28-35)34-53/h6-8,11-26,30-31,35-38H,3-5,9-10,27-29,32-34H2,1-2H3. The van der Waals surface area contributed by atoms with Crippen molar-refractivity contribution in [2.24, 2.45) is 17.8 Å². The lowest BCUT2D eigenvalue weighted by Crippen LogP contribution is -2.48. The van der Waals surface area contributed by atoms with Gasteiger partial charge in [0.25, 0.3) is 0 Å². The maximum atomic E-state index is 2.54. The highest BCUT2D eigenvalue weighted by atomic mass is 15.1. The highest BCUT2D eigenvalue weighted by Gasteiger charge is 2.51. The summed E-state index contributed by atoms with van der Waals surface area (Å²) >= 11 is 0. The highest BCUT2D eigenvalue weighted by molar-refractivity contribution is 5.96. The molecule has 0 aliphatic heterocycles. The largest absolute Gasteiger partial charge is 0.310 e. The van der Waals surface area contributed by atoms with Gasteiger partial charge in [-0.15, -0.1) is 0 Å². The Morgan fingerprint density at radius 2 is 1.17 bits per heavy atom. The molecule has 5 saturated carbocycles. The van der Waals surface area contributed by atoms with Crippen LogP contribution >= 0.6 is 0 Å². The number of fused-ring (bicyclic) bond motifs is 4. The van der Waals surface area contributed by atoms with Crippen LogP contribution in [-0.4, -0.2) is 0 Å². The molecule has 0 spiro atoms. The van der Waals surface area contributed by atoms with E-state index < -0.39 is 0 Å². The normalized spacial score (nSPS) is 25.1. The summed E-state index contributed by atoms with van der Waals surface area (Å²) < 4.78 is 0. The third-order valence-electron chi connectivity index (χ3n) is 15.0. The monoisotopic (exact) mass is 703 g/mol. The van der Waals surface area contributed by atoms with Gasteiger partial charge in [-0.1, -0.05) is 118 Å². The zero-order chi connectivity index (χ0) is 36.0. The molecule has 6 aromatic carbocycles. The second kappa shape index (κ2) is 12.5. The van der Waals surface area contributed by atoms with Crippen LogP contribution in [0.4, 0.5) is 17.1 Å². The predicted octanol–water partition coefficient (Wildman–Crippen LogP) is 14.8. The van der Waals surface area contributed by atoms with Crippen LogP contribution in [-0.2, 0) is 10.8 Å². The summed E-state index contributed by atoms with van der Waals surface area (Å²) in [7, 11) is 0. The summed E-state index contributed by atoms with van der Waals surface area (Å²) in [6, 6.07) is 49.6. The Balaban J connectivity index is 1.00. The van der Waals surface area contributed by atoms with Crippen molar-refractivity contribution in [2.45, 2.75) is 101 Å². The first-order valence-electron chi connectivity index (χ1n) is 21.2. The van der Waals surface area contributed by atoms with E-state index in [4.69, 9.17) is 0 Å². The van der Waals surface area contributed by atoms with E-state index in [9.17, 15) is 0 Å². The molecule has 6 aliphatic carbocycles. The second-order valence-electron chi connectivity index (χ2n) is 18.7. The van der Waals surface area contributed by atoms with Crippen molar-refractivity contribution < 1.29 is 0 Å². The van der Waals surface area contributed by atoms with E-state index in [0.29, 0.717) is 11.3 Å². The summed E-state index contributed by atoms with van der Waals surface area (Å²) in [5.74, 6) is 3.57. The average molecular weight is 704 g/mol. The zero-order valence-electron chi connectivity index (χ0n) is 32.2. The van der Waals surface area contributed by atoms with E-state index in [-0.39, 0.29) is 5.41 Å². The van der Waals surface area contributed by atoms with Crippen LogP contribution in [0.5, 0.6) is 0 Å². The lowest BCUT2D eigenvalue weighted by molar-refractivity contribution is -0.00518. The minimum atomic E-state index is -0.119. The van der Waals surface area contributed by atoms with Crippen molar-refractivity contribution in [3.05, 3.63) is 150 Å². The lowest BCUT2D eigenvalue weighted by Gasteiger charge is -2.57. The molecule has 6 aromatic rings. The minimum absolute atomic E-state index is 0.119. The summed E-state index contributed by atoms with van der Waals surface area (Å²) in [6.07, 6.45) is 15.5. The summed E-state index contributed by atoms with van der Waals surface area (Å²) in [4.78, 5) is 2.54. The molecule has 54 heavy (non-hydrogen) atoms. The number of hydrogen-bond acceptors (Lipinski definition) is 1. The first kappa shape index (κ1) is 32.8. The molecular formula is C53H53N. The second-order valence-corrected chi connectivity index (χ2v) is 18.7. The number of anilines is 3. The van der Waals surface area contributed by atoms with Crippen LogP contribution in [0.15, 0.2) is 127 Å². The van der Waals surface area contributed by atoms with E-state index in [1.165, 1.54) is 137 Å². The van der Waals surface area contributed by atoms with Crippen LogP contribution in [0, 0.1) is 17.8 Å². The zero-order valence-corrected chi connectivity index (χ0v) is 32.2. The van der Waals surface area contributed by atoms with Crippen molar-refractivity contribution in [1.82, 2.24) is 0 Å². The van der Waals surface area contributed by atoms with Gasteiger partial charge in [0, 0.05) is 22.5 Å². The van der Waals surface area contributed by atoms with E-state index in [2.05, 4.69) is 146 Å². The van der Waals surface area contributed by atoms with E-state index in [1.807, 2.05) is 0 Å². The number of hydrogen-bond donors (Lipinski definition) is 0. The quantitative estimate of drug-likeness (QED) is 0.167. The van der Waals surface area contributed by atoms with E-state index >= 15 is 0 Å². The molecule has 0 radical (unpaired) electrons. The number of nitrogens with zero attached hydrogens (tertiary/aromatic N) is 1. The Bertz CT molecular complexity index is 2340. The molecule has 0 aromatic heterocycles. The number of rotatable bonds is 6. The Labute approximate surface area is 322 Å². The van der Waals surface area contributed by atoms with Gasteiger partial charge < -0.3 is 4.90 Å². The van der Waals surface area contributed by atoms with Crippen molar-refractivity contribution in [2.75, 3.05) is 4.90 Å². The van der Waals surface area contributed by atoms with Crippen molar-refractivity contribution in [3.8, 4) is 22.3 Å². The molecule has 0 unspecified atom stereocenters. The SMILES string of the molecule is CC1(C)c2cc(N(c3ccc(C4CCCCC4)cc3)c3ccc(C45CC6CC(CC(C6)C4)C5)cc3)ccc2-c2c(-c3ccc4ccccc4c3)cccc21. The van der Waals surface area contributed by atoms with Crippen molar-refractivity contribution in [3.63, 3.8) is 0 Å². The smallest absolute Gasteiger partial charge is 0.0465 e. The molecular weight excluding hydrogens is 651 g/mol. The molecule has 1 nitrogen and oxygen atoms in total. The Hall–Kier alpha value is -4.62. The molecule has 0 heterocycles. The van der Waals surface area contributed by atoms with Gasteiger partial charge in [0.05, 0.1) is 0 Å². The van der Waals surface area contributed by atoms with Gasteiger partial charge in [-0.25, -0.2) is 0 Å². The molecule has 1 heteroatoms. The molecule has 270 valence electrons. The Morgan fingerprint density at radius 1 is 0.519 bits per heavy atom. The molecule has 12 rings (SSSR count). The first-order chi connectivity index (χ1) is 26.4. The van der Waals surface area contributed by atoms with Gasteiger partial charge in [-0.05, 0) is 178 Å². The fourth-order valence-corrected chi connectivity index (χ4v) is 12.7. The summed E-state index contributed by atoms with van der Waals surface area (Å²) in [5.41, 5.74) is 15.4. The van der Waals surface area contributed by atoms with Gasteiger partial charge in [0.2, 0.25) is 0 Å². The van der Waals surface area contributed by atoms with Gasteiger partial charge in [0.15, 0.2) is 0 Å². The summed E-state index contributed by atoms with van der Waals surface area (Å²) in [5, 5.41) is 2.58. The van der Waals surface area contributed by atoms with Gasteiger partial charge in [-0.3, -0.25) is 0 Å². The van der Waals surface area contributed by atoms with Crippen molar-refractivity contribution >= 4 is 27.8 Å². The highest BCUT2D eigenvalue weighted by Crippen LogP contribution is 2.61. The molecule has 0 atom stereocenters. The molecule has 5 fully saturated rings. The van der Waals surface area contributed by atoms with Crippen LogP contribution in [0.2, 0.25) is 0 Å². The molecule has 0 saturated heterocycles. The van der Waals surface area contributed by atoms with E-state index in [1.54, 1.807) is 5.56 Å². The van der Waals surface area contributed by atoms with Crippen LogP contribution < -0.4 is 4.90 Å². The van der Waals surface area contributed by atoms with E-state index in [0.717, 1.165) is 17.8 Å². The molecule has 4 bridgehead atoms. The molecule has 0 N–H and O–H groups in total. The van der Waals surface area contributed by atoms with Gasteiger partial charge in [0.1, 0.15) is 0 Å². The first-order valence-corrected chi connectivity index (χ1v) is 21.2. The number of benzene rings is 6. The summed E-state index contributed by atoms with van der Waals surface area (Å²) in [6.45, 7) is 4.85. The maximum Gasteiger partial charge on any atom is 0.0465 e. The Morgan fingerprint density at radius 3 is 1.87 bits per heavy atom. The minimum Gasteiger partial charge on any atom is -0.310 e. The topological polar surface area (TPSA) is 3.24 Å². The van der Waals surface area contributed by atoms with Crippen LogP contribution in [0.1, 0.15) is 113 Å². The Kier molecular flexibility index (Phi) is 7.56. The van der Waals surface area contributed by atoms with Gasteiger partial charge in [-0.2, -0.15) is 0 Å². The van der Waals surface area contributed by atoms with Crippen LogP contribution in [0.3, 0.4) is 0 Å². The lowest BCUT2D eigenvalue weighted by atomic mass is 9.48. The molecule has 6 aliphatic rings. The molecule has 0 amide bonds. The van der Waals surface area contributed by atoms with Crippen LogP contribution in [0.25, 0.3) is 33.0 Å². The third kappa shape index (κ3) is 5.25. The predicted molar refractivity (Wildman–Crippen MR) is 227 cm³/mol. The fourth-order valence-electron chi connectivity index (χ4n) is 12.7. The fraction of sp³-hybridized carbons (Fsp3) is 0.358. The third-order valence-corrected chi connectivity index (χ3v) is 15.0. The van der Waals surface area contributed by atoms with Crippen molar-refractivity contribution in [1.29, 1.82) is 0 Å². The average Bonchev–Trinajstić information content (AvgIpc) is 3.43. The van der Waals surface area contributed by atoms with Gasteiger partial charge >= 0.3 is 0 Å². The maximum absolute atomic E-state index is 2.54.